The Morgan fingerprint density at radius 1 is 0.762 bits per heavy atom. The lowest BCUT2D eigenvalue weighted by atomic mass is 9.83. The summed E-state index contributed by atoms with van der Waals surface area (Å²) in [6.45, 7) is 7.87. The molecule has 1 saturated heterocycles. The van der Waals surface area contributed by atoms with E-state index in [-0.39, 0.29) is 5.92 Å². The topological polar surface area (TPSA) is 17.1 Å². The molecule has 118 valence electrons. The Morgan fingerprint density at radius 3 is 1.38 bits per heavy atom. The van der Waals surface area contributed by atoms with Crippen molar-refractivity contribution in [2.45, 2.75) is 44.9 Å². The van der Waals surface area contributed by atoms with Gasteiger partial charge in [-0.3, -0.25) is 0 Å². The highest BCUT2D eigenvalue weighted by Gasteiger charge is 2.70. The van der Waals surface area contributed by atoms with E-state index in [0.717, 1.165) is 0 Å². The van der Waals surface area contributed by atoms with Crippen LogP contribution in [0, 0.1) is 35.0 Å². The minimum Gasteiger partial charge on any atom is -0.317 e. The van der Waals surface area contributed by atoms with Gasteiger partial charge in [0.2, 0.25) is 5.82 Å². The lowest BCUT2D eigenvalue weighted by molar-refractivity contribution is 0.273. The molecule has 21 heavy (non-hydrogen) atoms. The summed E-state index contributed by atoms with van der Waals surface area (Å²) in [5.74, 6) is -10.5. The maximum atomic E-state index is 14.0. The van der Waals surface area contributed by atoms with Gasteiger partial charge in [-0.05, 0) is 5.92 Å². The van der Waals surface area contributed by atoms with Gasteiger partial charge in [-0.1, -0.05) is 34.6 Å². The molecule has 1 fully saturated rings. The molecule has 0 aliphatic carbocycles. The lowest BCUT2D eigenvalue weighted by Gasteiger charge is -2.62. The van der Waals surface area contributed by atoms with E-state index >= 15 is 0 Å². The van der Waals surface area contributed by atoms with E-state index in [1.807, 2.05) is 0 Å². The molecule has 0 amide bonds. The van der Waals surface area contributed by atoms with Crippen molar-refractivity contribution in [2.75, 3.05) is 0 Å². The lowest BCUT2D eigenvalue weighted by Crippen LogP contribution is -2.61. The van der Waals surface area contributed by atoms with Gasteiger partial charge in [0.1, 0.15) is 7.14 Å². The molecule has 0 atom stereocenters. The number of halogens is 5. The average Bonchev–Trinajstić information content (AvgIpc) is 2.41. The molecule has 0 unspecified atom stereocenters. The SMILES string of the molecule is CC1C(C)(C)P(=O)(c2c(F)c(F)c(F)c(F)c2F)C1(C)C. The van der Waals surface area contributed by atoms with Gasteiger partial charge in [0, 0.05) is 10.3 Å². The highest BCUT2D eigenvalue weighted by molar-refractivity contribution is 7.76. The summed E-state index contributed by atoms with van der Waals surface area (Å²) in [6, 6.07) is 0. The van der Waals surface area contributed by atoms with Crippen LogP contribution in [0.15, 0.2) is 0 Å². The second-order valence-corrected chi connectivity index (χ2v) is 10.5. The van der Waals surface area contributed by atoms with Crippen molar-refractivity contribution >= 4 is 12.4 Å². The summed E-state index contributed by atoms with van der Waals surface area (Å²) >= 11 is 0. The minimum absolute atomic E-state index is 0.203. The Kier molecular flexibility index (Phi) is 3.38. The van der Waals surface area contributed by atoms with Crippen molar-refractivity contribution < 1.29 is 26.5 Å². The van der Waals surface area contributed by atoms with Gasteiger partial charge in [0.05, 0.1) is 5.30 Å². The van der Waals surface area contributed by atoms with Crippen LogP contribution in [-0.2, 0) is 4.57 Å². The van der Waals surface area contributed by atoms with Gasteiger partial charge in [-0.25, -0.2) is 22.0 Å². The molecule has 0 radical (unpaired) electrons. The summed E-state index contributed by atoms with van der Waals surface area (Å²) in [7, 11) is -3.85. The maximum absolute atomic E-state index is 14.0. The van der Waals surface area contributed by atoms with Crippen molar-refractivity contribution in [1.82, 2.24) is 0 Å². The molecule has 2 rings (SSSR count). The molecule has 1 nitrogen and oxygen atoms in total. The molecule has 1 heterocycles. The van der Waals surface area contributed by atoms with Gasteiger partial charge < -0.3 is 4.57 Å². The highest BCUT2D eigenvalue weighted by atomic mass is 31.2. The zero-order valence-electron chi connectivity index (χ0n) is 12.3. The van der Waals surface area contributed by atoms with Gasteiger partial charge in [0.15, 0.2) is 23.3 Å². The Bertz CT molecular complexity index is 631. The third-order valence-corrected chi connectivity index (χ3v) is 10.3. The summed E-state index contributed by atoms with van der Waals surface area (Å²) in [4.78, 5) is 0. The van der Waals surface area contributed by atoms with E-state index in [1.165, 1.54) is 27.7 Å². The molecule has 7 heteroatoms. The molecule has 0 saturated carbocycles. The van der Waals surface area contributed by atoms with E-state index in [4.69, 9.17) is 0 Å². The second kappa shape index (κ2) is 4.31. The van der Waals surface area contributed by atoms with Crippen LogP contribution in [-0.4, -0.2) is 10.3 Å². The van der Waals surface area contributed by atoms with Crippen molar-refractivity contribution in [3.05, 3.63) is 29.1 Å². The fraction of sp³-hybridized carbons (Fsp3) is 0.571. The quantitative estimate of drug-likeness (QED) is 0.320. The minimum atomic E-state index is -3.85. The first-order valence-electron chi connectivity index (χ1n) is 6.45. The normalized spacial score (nSPS) is 30.1. The van der Waals surface area contributed by atoms with Crippen LogP contribution in [0.4, 0.5) is 22.0 Å². The van der Waals surface area contributed by atoms with Crippen LogP contribution < -0.4 is 5.30 Å². The Morgan fingerprint density at radius 2 is 1.05 bits per heavy atom. The molecule has 1 aliphatic heterocycles. The number of hydrogen-bond acceptors (Lipinski definition) is 1. The average molecular weight is 326 g/mol. The Balaban J connectivity index is 2.89. The molecule has 0 bridgehead atoms. The summed E-state index contributed by atoms with van der Waals surface area (Å²) < 4.78 is 81.4. The van der Waals surface area contributed by atoms with Gasteiger partial charge in [0.25, 0.3) is 0 Å². The van der Waals surface area contributed by atoms with Crippen LogP contribution in [0.2, 0.25) is 0 Å². The fourth-order valence-corrected chi connectivity index (χ4v) is 8.45. The highest BCUT2D eigenvalue weighted by Crippen LogP contribution is 2.81. The fourth-order valence-electron chi connectivity index (χ4n) is 3.53. The van der Waals surface area contributed by atoms with Crippen molar-refractivity contribution in [1.29, 1.82) is 0 Å². The standard InChI is InChI=1S/C14H16F5OP/c1-6-13(2,3)21(20,14(6,4)5)12-10(18)8(16)7(15)9(17)11(12)19/h6H,1-5H3. The second-order valence-electron chi connectivity index (χ2n) is 6.56. The van der Waals surface area contributed by atoms with Crippen LogP contribution >= 0.6 is 7.14 Å². The van der Waals surface area contributed by atoms with E-state index < -0.39 is 51.8 Å². The summed E-state index contributed by atoms with van der Waals surface area (Å²) in [6.07, 6.45) is 0. The van der Waals surface area contributed by atoms with Crippen LogP contribution in [0.3, 0.4) is 0 Å². The predicted octanol–water partition coefficient (Wildman–Crippen LogP) is 4.58. The monoisotopic (exact) mass is 326 g/mol. The zero-order chi connectivity index (χ0) is 16.5. The van der Waals surface area contributed by atoms with Gasteiger partial charge >= 0.3 is 0 Å². The molecular formula is C14H16F5OP. The van der Waals surface area contributed by atoms with Crippen molar-refractivity contribution in [2.24, 2.45) is 5.92 Å². The van der Waals surface area contributed by atoms with E-state index in [0.29, 0.717) is 0 Å². The van der Waals surface area contributed by atoms with E-state index in [2.05, 4.69) is 0 Å². The smallest absolute Gasteiger partial charge is 0.200 e. The molecular weight excluding hydrogens is 310 g/mol. The first-order valence-corrected chi connectivity index (χ1v) is 8.16. The third-order valence-electron chi connectivity index (χ3n) is 5.24. The number of benzene rings is 1. The van der Waals surface area contributed by atoms with Crippen LogP contribution in [0.5, 0.6) is 0 Å². The molecule has 0 spiro atoms. The number of hydrogen-bond donors (Lipinski definition) is 0. The van der Waals surface area contributed by atoms with Crippen LogP contribution in [0.1, 0.15) is 34.6 Å². The van der Waals surface area contributed by atoms with Gasteiger partial charge in [-0.2, -0.15) is 0 Å². The largest absolute Gasteiger partial charge is 0.317 e. The van der Waals surface area contributed by atoms with Crippen LogP contribution in [0.25, 0.3) is 0 Å². The van der Waals surface area contributed by atoms with Crippen molar-refractivity contribution in [3.8, 4) is 0 Å². The van der Waals surface area contributed by atoms with E-state index in [1.54, 1.807) is 6.92 Å². The first-order chi connectivity index (χ1) is 9.33. The van der Waals surface area contributed by atoms with E-state index in [9.17, 15) is 26.5 Å². The van der Waals surface area contributed by atoms with Gasteiger partial charge in [-0.15, -0.1) is 0 Å². The third kappa shape index (κ3) is 1.60. The molecule has 0 aromatic heterocycles. The molecule has 1 aromatic carbocycles. The molecule has 1 aromatic rings. The molecule has 1 aliphatic rings. The Labute approximate surface area is 119 Å². The number of rotatable bonds is 1. The predicted molar refractivity (Wildman–Crippen MR) is 70.8 cm³/mol. The first kappa shape index (κ1) is 16.5. The Hall–Kier alpha value is -0.900. The molecule has 0 N–H and O–H groups in total. The van der Waals surface area contributed by atoms with Crippen molar-refractivity contribution in [3.63, 3.8) is 0 Å². The summed E-state index contributed by atoms with van der Waals surface area (Å²) in [5.41, 5.74) is 0. The zero-order valence-corrected chi connectivity index (χ0v) is 13.2. The maximum Gasteiger partial charge on any atom is 0.200 e. The summed E-state index contributed by atoms with van der Waals surface area (Å²) in [5, 5.41) is -3.24.